The third-order valence-electron chi connectivity index (χ3n) is 3.89. The van der Waals surface area contributed by atoms with Gasteiger partial charge in [0.05, 0.1) is 11.7 Å². The molecule has 0 atom stereocenters. The molecule has 5 heteroatoms. The quantitative estimate of drug-likeness (QED) is 0.583. The van der Waals surface area contributed by atoms with Gasteiger partial charge in [-0.15, -0.1) is 0 Å². The highest BCUT2D eigenvalue weighted by Gasteiger charge is 2.38. The monoisotopic (exact) mass is 331 g/mol. The first kappa shape index (κ1) is 18.0. The van der Waals surface area contributed by atoms with E-state index in [1.165, 1.54) is 0 Å². The van der Waals surface area contributed by atoms with Gasteiger partial charge in [0.25, 0.3) is 11.8 Å². The molecular weight excluding hydrogens is 306 g/mol. The molecule has 0 saturated heterocycles. The molecule has 0 aromatic heterocycles. The fourth-order valence-corrected chi connectivity index (χ4v) is 2.70. The summed E-state index contributed by atoms with van der Waals surface area (Å²) in [7, 11) is 0. The van der Waals surface area contributed by atoms with Crippen LogP contribution in [0.2, 0.25) is 0 Å². The largest absolute Gasteiger partial charge is 0.502 e. The van der Waals surface area contributed by atoms with Gasteiger partial charge in [-0.1, -0.05) is 38.3 Å². The number of nitrogens with zero attached hydrogens (tertiary/aromatic N) is 1. The highest BCUT2D eigenvalue weighted by molar-refractivity contribution is 6.34. The van der Waals surface area contributed by atoms with Gasteiger partial charge in [0.1, 0.15) is 5.75 Å². The molecule has 5 nitrogen and oxygen atoms in total. The normalized spacial score (nSPS) is 14.9. The minimum Gasteiger partial charge on any atom is -0.502 e. The van der Waals surface area contributed by atoms with Crippen molar-refractivity contribution in [3.63, 3.8) is 0 Å². The smallest absolute Gasteiger partial charge is 0.296 e. The second-order valence-electron chi connectivity index (χ2n) is 6.24. The Morgan fingerprint density at radius 2 is 1.71 bits per heavy atom. The van der Waals surface area contributed by atoms with Crippen LogP contribution in [-0.4, -0.2) is 34.5 Å². The van der Waals surface area contributed by atoms with E-state index in [4.69, 9.17) is 4.74 Å². The van der Waals surface area contributed by atoms with E-state index in [0.717, 1.165) is 30.6 Å². The van der Waals surface area contributed by atoms with Crippen LogP contribution in [0.3, 0.4) is 0 Å². The lowest BCUT2D eigenvalue weighted by Gasteiger charge is -2.14. The van der Waals surface area contributed by atoms with E-state index in [-0.39, 0.29) is 11.7 Å². The Hall–Kier alpha value is -2.30. The van der Waals surface area contributed by atoms with Gasteiger partial charge in [-0.25, -0.2) is 0 Å². The molecule has 1 aromatic rings. The average molecular weight is 331 g/mol. The summed E-state index contributed by atoms with van der Waals surface area (Å²) in [5.41, 5.74) is 0.601. The number of rotatable bonds is 8. The highest BCUT2D eigenvalue weighted by atomic mass is 16.5. The summed E-state index contributed by atoms with van der Waals surface area (Å²) < 4.78 is 5.56. The van der Waals surface area contributed by atoms with E-state index in [9.17, 15) is 14.7 Å². The van der Waals surface area contributed by atoms with Crippen LogP contribution in [0.1, 0.15) is 52.0 Å². The van der Waals surface area contributed by atoms with Crippen molar-refractivity contribution in [1.82, 2.24) is 4.90 Å². The lowest BCUT2D eigenvalue weighted by atomic mass is 10.1. The van der Waals surface area contributed by atoms with E-state index >= 15 is 0 Å². The van der Waals surface area contributed by atoms with Crippen LogP contribution in [0, 0.1) is 0 Å². The highest BCUT2D eigenvalue weighted by Crippen LogP contribution is 2.29. The predicted molar refractivity (Wildman–Crippen MR) is 92.6 cm³/mol. The number of hydrogen-bond acceptors (Lipinski definition) is 4. The van der Waals surface area contributed by atoms with Crippen LogP contribution in [0.5, 0.6) is 5.75 Å². The fraction of sp³-hybridized carbons (Fsp3) is 0.474. The number of amides is 2. The summed E-state index contributed by atoms with van der Waals surface area (Å²) in [6.07, 6.45) is 3.93. The second kappa shape index (κ2) is 7.99. The lowest BCUT2D eigenvalue weighted by Crippen LogP contribution is -2.32. The zero-order valence-corrected chi connectivity index (χ0v) is 14.5. The zero-order valence-electron chi connectivity index (χ0n) is 14.5. The summed E-state index contributed by atoms with van der Waals surface area (Å²) in [6, 6.07) is 6.85. The average Bonchev–Trinajstić information content (AvgIpc) is 2.75. The van der Waals surface area contributed by atoms with Crippen LogP contribution in [0.25, 0.3) is 5.57 Å². The molecule has 0 aliphatic carbocycles. The van der Waals surface area contributed by atoms with Gasteiger partial charge in [-0.05, 0) is 38.0 Å². The van der Waals surface area contributed by atoms with Crippen molar-refractivity contribution in [2.75, 3.05) is 6.54 Å². The van der Waals surface area contributed by atoms with E-state index < -0.39 is 17.6 Å². The Morgan fingerprint density at radius 1 is 1.04 bits per heavy atom. The molecule has 130 valence electrons. The molecule has 1 aliphatic heterocycles. The van der Waals surface area contributed by atoms with E-state index in [0.29, 0.717) is 17.9 Å². The van der Waals surface area contributed by atoms with Crippen molar-refractivity contribution < 1.29 is 19.4 Å². The van der Waals surface area contributed by atoms with Gasteiger partial charge in [0.2, 0.25) is 0 Å². The first-order valence-electron chi connectivity index (χ1n) is 8.52. The summed E-state index contributed by atoms with van der Waals surface area (Å²) >= 11 is 0. The number of carbonyl (C=O) groups is 2. The molecule has 1 N–H and O–H groups in total. The fourth-order valence-electron chi connectivity index (χ4n) is 2.70. The lowest BCUT2D eigenvalue weighted by molar-refractivity contribution is -0.138. The van der Waals surface area contributed by atoms with Crippen molar-refractivity contribution in [3.05, 3.63) is 35.6 Å². The minimum absolute atomic E-state index is 0.0526. The Labute approximate surface area is 142 Å². The summed E-state index contributed by atoms with van der Waals surface area (Å²) in [6.45, 7) is 6.31. The number of imide groups is 1. The minimum atomic E-state index is -0.603. The van der Waals surface area contributed by atoms with Crippen LogP contribution in [0.4, 0.5) is 0 Å². The third kappa shape index (κ3) is 3.96. The predicted octanol–water partition coefficient (Wildman–Crippen LogP) is 3.69. The van der Waals surface area contributed by atoms with E-state index in [1.807, 2.05) is 13.8 Å². The first-order valence-corrected chi connectivity index (χ1v) is 8.52. The Morgan fingerprint density at radius 3 is 2.29 bits per heavy atom. The standard InChI is InChI=1S/C19H25NO4/c1-4-5-6-7-12-20-18(22)16(17(21)19(20)23)14-8-10-15(11-9-14)24-13(2)3/h8-11,13,21H,4-7,12H2,1-3H3. The number of aliphatic hydroxyl groups excluding tert-OH is 1. The Kier molecular flexibility index (Phi) is 6.01. The topological polar surface area (TPSA) is 66.8 Å². The molecule has 1 aliphatic rings. The van der Waals surface area contributed by atoms with Crippen molar-refractivity contribution >= 4 is 17.4 Å². The van der Waals surface area contributed by atoms with Gasteiger partial charge < -0.3 is 9.84 Å². The SMILES string of the molecule is CCCCCCN1C(=O)C(O)=C(c2ccc(OC(C)C)cc2)C1=O. The molecule has 2 amide bonds. The summed E-state index contributed by atoms with van der Waals surface area (Å²) in [5.74, 6) is -0.810. The van der Waals surface area contributed by atoms with Crippen molar-refractivity contribution in [2.24, 2.45) is 0 Å². The Bertz CT molecular complexity index is 631. The molecule has 24 heavy (non-hydrogen) atoms. The van der Waals surface area contributed by atoms with Crippen molar-refractivity contribution in [1.29, 1.82) is 0 Å². The summed E-state index contributed by atoms with van der Waals surface area (Å²) in [5, 5.41) is 10.1. The van der Waals surface area contributed by atoms with Crippen LogP contribution >= 0.6 is 0 Å². The van der Waals surface area contributed by atoms with Crippen molar-refractivity contribution in [2.45, 2.75) is 52.6 Å². The van der Waals surface area contributed by atoms with E-state index in [2.05, 4.69) is 6.92 Å². The maximum Gasteiger partial charge on any atom is 0.296 e. The molecule has 0 fully saturated rings. The van der Waals surface area contributed by atoms with Crippen LogP contribution in [0.15, 0.2) is 30.0 Å². The molecule has 1 heterocycles. The summed E-state index contributed by atoms with van der Waals surface area (Å²) in [4.78, 5) is 25.8. The van der Waals surface area contributed by atoms with Gasteiger partial charge in [-0.3, -0.25) is 14.5 Å². The Balaban J connectivity index is 2.12. The number of hydrogen-bond donors (Lipinski definition) is 1. The van der Waals surface area contributed by atoms with Gasteiger partial charge in [0, 0.05) is 6.54 Å². The second-order valence-corrected chi connectivity index (χ2v) is 6.24. The van der Waals surface area contributed by atoms with E-state index in [1.54, 1.807) is 24.3 Å². The van der Waals surface area contributed by atoms with Gasteiger partial charge in [0.15, 0.2) is 5.76 Å². The zero-order chi connectivity index (χ0) is 17.7. The van der Waals surface area contributed by atoms with Crippen LogP contribution in [-0.2, 0) is 9.59 Å². The molecule has 0 spiro atoms. The molecule has 2 rings (SSSR count). The number of benzene rings is 1. The molecular formula is C19H25NO4. The number of ether oxygens (including phenoxy) is 1. The van der Waals surface area contributed by atoms with Gasteiger partial charge in [-0.2, -0.15) is 0 Å². The first-order chi connectivity index (χ1) is 11.5. The number of aliphatic hydroxyl groups is 1. The molecule has 0 saturated carbocycles. The van der Waals surface area contributed by atoms with Crippen molar-refractivity contribution in [3.8, 4) is 5.75 Å². The van der Waals surface area contributed by atoms with Crippen LogP contribution < -0.4 is 4.74 Å². The molecule has 0 bridgehead atoms. The number of unbranched alkanes of at least 4 members (excludes halogenated alkanes) is 3. The molecule has 0 radical (unpaired) electrons. The molecule has 1 aromatic carbocycles. The third-order valence-corrected chi connectivity index (χ3v) is 3.89. The maximum atomic E-state index is 12.5. The van der Waals surface area contributed by atoms with Gasteiger partial charge >= 0.3 is 0 Å². The maximum absolute atomic E-state index is 12.5. The molecule has 0 unspecified atom stereocenters. The number of carbonyl (C=O) groups excluding carboxylic acids is 2.